The molecule has 1 saturated heterocycles. The number of nitrogens with one attached hydrogen (secondary N) is 1. The van der Waals surface area contributed by atoms with Gasteiger partial charge in [-0.25, -0.2) is 0 Å². The minimum Gasteiger partial charge on any atom is -0.468 e. The maximum Gasteiger partial charge on any atom is 0.326 e. The number of piperazine rings is 1. The van der Waals surface area contributed by atoms with Crippen molar-refractivity contribution in [2.75, 3.05) is 33.3 Å². The lowest BCUT2D eigenvalue weighted by Crippen LogP contribution is -2.63. The summed E-state index contributed by atoms with van der Waals surface area (Å²) in [5.74, 6) is 1.17. The van der Waals surface area contributed by atoms with Gasteiger partial charge in [-0.15, -0.1) is 0 Å². The molecule has 4 heteroatoms. The molecule has 0 bridgehead atoms. The Balaban J connectivity index is 2.23. The van der Waals surface area contributed by atoms with E-state index in [1.54, 1.807) is 0 Å². The second-order valence-corrected chi connectivity index (χ2v) is 6.11. The van der Waals surface area contributed by atoms with Crippen molar-refractivity contribution >= 4 is 5.97 Å². The molecule has 1 aliphatic carbocycles. The topological polar surface area (TPSA) is 41.6 Å². The van der Waals surface area contributed by atoms with Crippen LogP contribution in [0.4, 0.5) is 0 Å². The second-order valence-electron chi connectivity index (χ2n) is 6.11. The smallest absolute Gasteiger partial charge is 0.326 e. The fourth-order valence-corrected chi connectivity index (χ4v) is 3.93. The van der Waals surface area contributed by atoms with Gasteiger partial charge < -0.3 is 10.1 Å². The molecule has 0 spiro atoms. The molecular weight excluding hydrogens is 228 g/mol. The Kier molecular flexibility index (Phi) is 4.28. The van der Waals surface area contributed by atoms with Gasteiger partial charge in [0, 0.05) is 26.2 Å². The van der Waals surface area contributed by atoms with Gasteiger partial charge in [0.15, 0.2) is 0 Å². The molecule has 18 heavy (non-hydrogen) atoms. The summed E-state index contributed by atoms with van der Waals surface area (Å²) in [4.78, 5) is 14.8. The van der Waals surface area contributed by atoms with Gasteiger partial charge in [-0.05, 0) is 31.1 Å². The quantitative estimate of drug-likeness (QED) is 0.753. The molecule has 104 valence electrons. The first-order chi connectivity index (χ1) is 8.58. The Hall–Kier alpha value is -0.610. The maximum absolute atomic E-state index is 12.4. The van der Waals surface area contributed by atoms with Gasteiger partial charge in [0.2, 0.25) is 0 Å². The highest BCUT2D eigenvalue weighted by Crippen LogP contribution is 2.40. The van der Waals surface area contributed by atoms with Gasteiger partial charge in [-0.2, -0.15) is 0 Å². The summed E-state index contributed by atoms with van der Waals surface area (Å²) in [5, 5.41) is 3.36. The zero-order chi connectivity index (χ0) is 13.2. The summed E-state index contributed by atoms with van der Waals surface area (Å²) in [5.41, 5.74) is -0.367. The lowest BCUT2D eigenvalue weighted by molar-refractivity contribution is -0.161. The molecule has 2 fully saturated rings. The normalized spacial score (nSPS) is 38.4. The van der Waals surface area contributed by atoms with E-state index in [1.165, 1.54) is 13.5 Å². The van der Waals surface area contributed by atoms with Crippen molar-refractivity contribution in [3.8, 4) is 0 Å². The Labute approximate surface area is 110 Å². The largest absolute Gasteiger partial charge is 0.468 e. The zero-order valence-corrected chi connectivity index (χ0v) is 11.9. The average Bonchev–Trinajstić information content (AvgIpc) is 2.37. The number of hydrogen-bond acceptors (Lipinski definition) is 4. The first kappa shape index (κ1) is 13.8. The van der Waals surface area contributed by atoms with Crippen LogP contribution in [0.2, 0.25) is 0 Å². The molecule has 0 radical (unpaired) electrons. The number of hydrogen-bond donors (Lipinski definition) is 1. The summed E-state index contributed by atoms with van der Waals surface area (Å²) >= 11 is 0. The molecule has 2 aliphatic rings. The van der Waals surface area contributed by atoms with Crippen LogP contribution in [0.3, 0.4) is 0 Å². The minimum absolute atomic E-state index is 0.0252. The van der Waals surface area contributed by atoms with Crippen LogP contribution in [0.1, 0.15) is 33.1 Å². The molecule has 1 saturated carbocycles. The molecule has 0 aromatic heterocycles. The van der Waals surface area contributed by atoms with Gasteiger partial charge in [-0.3, -0.25) is 9.69 Å². The minimum atomic E-state index is -0.367. The Morgan fingerprint density at radius 2 is 1.78 bits per heavy atom. The van der Waals surface area contributed by atoms with E-state index in [2.05, 4.69) is 24.1 Å². The van der Waals surface area contributed by atoms with Gasteiger partial charge in [0.25, 0.3) is 0 Å². The standard InChI is InChI=1S/C14H26N2O2/c1-11-8-12(2)10-14(9-11,13(17)18-3)16-6-4-15-5-7-16/h11-12,15H,4-10H2,1-3H3. The lowest BCUT2D eigenvalue weighted by Gasteiger charge is -2.49. The Morgan fingerprint density at radius 1 is 1.22 bits per heavy atom. The average molecular weight is 254 g/mol. The number of rotatable bonds is 2. The predicted octanol–water partition coefficient (Wildman–Crippen LogP) is 1.26. The number of ether oxygens (including phenoxy) is 1. The van der Waals surface area contributed by atoms with E-state index < -0.39 is 0 Å². The number of esters is 1. The SMILES string of the molecule is COC(=O)C1(N2CCNCC2)CC(C)CC(C)C1. The zero-order valence-electron chi connectivity index (χ0n) is 11.9. The van der Waals surface area contributed by atoms with Crippen molar-refractivity contribution in [1.82, 2.24) is 10.2 Å². The van der Waals surface area contributed by atoms with Crippen molar-refractivity contribution in [3.63, 3.8) is 0 Å². The molecule has 1 aliphatic heterocycles. The van der Waals surface area contributed by atoms with Gasteiger partial charge in [-0.1, -0.05) is 13.8 Å². The fourth-order valence-electron chi connectivity index (χ4n) is 3.93. The molecule has 2 unspecified atom stereocenters. The molecule has 4 nitrogen and oxygen atoms in total. The molecule has 2 atom stereocenters. The van der Waals surface area contributed by atoms with Crippen LogP contribution in [-0.2, 0) is 9.53 Å². The fraction of sp³-hybridized carbons (Fsp3) is 0.929. The van der Waals surface area contributed by atoms with Crippen molar-refractivity contribution in [3.05, 3.63) is 0 Å². The highest BCUT2D eigenvalue weighted by atomic mass is 16.5. The van der Waals surface area contributed by atoms with E-state index in [0.717, 1.165) is 39.0 Å². The maximum atomic E-state index is 12.4. The third-order valence-electron chi connectivity index (χ3n) is 4.46. The molecule has 1 heterocycles. The van der Waals surface area contributed by atoms with Crippen LogP contribution in [0, 0.1) is 11.8 Å². The van der Waals surface area contributed by atoms with E-state index in [4.69, 9.17) is 4.74 Å². The van der Waals surface area contributed by atoms with Crippen molar-refractivity contribution in [2.24, 2.45) is 11.8 Å². The van der Waals surface area contributed by atoms with E-state index >= 15 is 0 Å². The predicted molar refractivity (Wildman–Crippen MR) is 71.4 cm³/mol. The number of nitrogens with zero attached hydrogens (tertiary/aromatic N) is 1. The second kappa shape index (κ2) is 5.57. The van der Waals surface area contributed by atoms with E-state index in [-0.39, 0.29) is 11.5 Å². The number of carbonyl (C=O) groups is 1. The summed E-state index contributed by atoms with van der Waals surface area (Å²) in [7, 11) is 1.52. The molecule has 0 aromatic carbocycles. The van der Waals surface area contributed by atoms with Gasteiger partial charge in [0.05, 0.1) is 7.11 Å². The van der Waals surface area contributed by atoms with Crippen LogP contribution >= 0.6 is 0 Å². The van der Waals surface area contributed by atoms with Crippen molar-refractivity contribution in [2.45, 2.75) is 38.6 Å². The van der Waals surface area contributed by atoms with Crippen molar-refractivity contribution < 1.29 is 9.53 Å². The van der Waals surface area contributed by atoms with Gasteiger partial charge in [0.1, 0.15) is 5.54 Å². The molecule has 1 N–H and O–H groups in total. The first-order valence-electron chi connectivity index (χ1n) is 7.12. The van der Waals surface area contributed by atoms with Crippen LogP contribution < -0.4 is 5.32 Å². The van der Waals surface area contributed by atoms with Crippen LogP contribution in [0.25, 0.3) is 0 Å². The third kappa shape index (κ3) is 2.54. The lowest BCUT2D eigenvalue weighted by atomic mass is 9.70. The highest BCUT2D eigenvalue weighted by Gasteiger charge is 2.49. The molecule has 0 amide bonds. The van der Waals surface area contributed by atoms with Crippen LogP contribution in [0.5, 0.6) is 0 Å². The molecule has 0 aromatic rings. The summed E-state index contributed by atoms with van der Waals surface area (Å²) in [6.07, 6.45) is 3.12. The summed E-state index contributed by atoms with van der Waals surface area (Å²) in [6, 6.07) is 0. The highest BCUT2D eigenvalue weighted by molar-refractivity contribution is 5.81. The molecule has 2 rings (SSSR count). The molecular formula is C14H26N2O2. The van der Waals surface area contributed by atoms with E-state index in [1.807, 2.05) is 0 Å². The monoisotopic (exact) mass is 254 g/mol. The summed E-state index contributed by atoms with van der Waals surface area (Å²) < 4.78 is 5.14. The van der Waals surface area contributed by atoms with Crippen molar-refractivity contribution in [1.29, 1.82) is 0 Å². The number of carbonyl (C=O) groups excluding carboxylic acids is 1. The first-order valence-corrected chi connectivity index (χ1v) is 7.12. The van der Waals surface area contributed by atoms with Gasteiger partial charge >= 0.3 is 5.97 Å². The number of methoxy groups -OCH3 is 1. The summed E-state index contributed by atoms with van der Waals surface area (Å²) in [6.45, 7) is 8.37. The van der Waals surface area contributed by atoms with E-state index in [9.17, 15) is 4.79 Å². The van der Waals surface area contributed by atoms with Crippen LogP contribution in [0.15, 0.2) is 0 Å². The van der Waals surface area contributed by atoms with Crippen LogP contribution in [-0.4, -0.2) is 49.7 Å². The Morgan fingerprint density at radius 3 is 2.28 bits per heavy atom. The Bertz CT molecular complexity index is 290. The van der Waals surface area contributed by atoms with E-state index in [0.29, 0.717) is 11.8 Å². The third-order valence-corrected chi connectivity index (χ3v) is 4.46.